The number of carbonyl (C=O) groups is 3. The van der Waals surface area contributed by atoms with Gasteiger partial charge in [-0.1, -0.05) is 19.1 Å². The first kappa shape index (κ1) is 17.9. The zero-order valence-electron chi connectivity index (χ0n) is 15.0. The first-order valence-electron chi connectivity index (χ1n) is 8.79. The van der Waals surface area contributed by atoms with E-state index in [1.807, 2.05) is 24.3 Å². The standard InChI is InChI=1S/C21H22N2O3/c1-3-15-5-4-6-19(11-15)23-13-17(12-20(23)25)21(26)22-18-9-7-16(8-10-18)14(2)24/h4-11,17H,3,12-13H2,1-2H3,(H,22,26)/t17-/m0/s1. The highest BCUT2D eigenvalue weighted by atomic mass is 16.2. The summed E-state index contributed by atoms with van der Waals surface area (Å²) in [7, 11) is 0. The van der Waals surface area contributed by atoms with Crippen molar-refractivity contribution in [3.63, 3.8) is 0 Å². The fraction of sp³-hybridized carbons (Fsp3) is 0.286. The van der Waals surface area contributed by atoms with Crippen LogP contribution in [0.1, 0.15) is 36.2 Å². The van der Waals surface area contributed by atoms with Crippen LogP contribution in [0.15, 0.2) is 48.5 Å². The molecule has 3 rings (SSSR count). The summed E-state index contributed by atoms with van der Waals surface area (Å²) in [5.41, 5.74) is 3.23. The highest BCUT2D eigenvalue weighted by molar-refractivity contribution is 6.03. The maximum absolute atomic E-state index is 12.5. The topological polar surface area (TPSA) is 66.5 Å². The number of aryl methyl sites for hydroxylation is 1. The second kappa shape index (κ2) is 7.52. The average molecular weight is 350 g/mol. The molecule has 0 saturated carbocycles. The fourth-order valence-electron chi connectivity index (χ4n) is 3.11. The van der Waals surface area contributed by atoms with Gasteiger partial charge in [0.15, 0.2) is 5.78 Å². The van der Waals surface area contributed by atoms with E-state index in [4.69, 9.17) is 0 Å². The fourth-order valence-corrected chi connectivity index (χ4v) is 3.11. The van der Waals surface area contributed by atoms with Crippen molar-refractivity contribution < 1.29 is 14.4 Å². The normalized spacial score (nSPS) is 16.6. The SMILES string of the molecule is CCc1cccc(N2C[C@@H](C(=O)Nc3ccc(C(C)=O)cc3)CC2=O)c1. The Hall–Kier alpha value is -2.95. The van der Waals surface area contributed by atoms with E-state index in [-0.39, 0.29) is 29.9 Å². The van der Waals surface area contributed by atoms with Crippen molar-refractivity contribution in [1.82, 2.24) is 0 Å². The van der Waals surface area contributed by atoms with Crippen LogP contribution in [-0.4, -0.2) is 24.1 Å². The van der Waals surface area contributed by atoms with E-state index in [0.29, 0.717) is 17.8 Å². The van der Waals surface area contributed by atoms with Crippen molar-refractivity contribution in [1.29, 1.82) is 0 Å². The number of nitrogens with one attached hydrogen (secondary N) is 1. The Bertz CT molecular complexity index is 843. The predicted octanol–water partition coefficient (Wildman–Crippen LogP) is 3.44. The lowest BCUT2D eigenvalue weighted by Gasteiger charge is -2.17. The average Bonchev–Trinajstić information content (AvgIpc) is 3.04. The molecule has 0 aromatic heterocycles. The molecule has 5 nitrogen and oxygen atoms in total. The highest BCUT2D eigenvalue weighted by Gasteiger charge is 2.35. The van der Waals surface area contributed by atoms with Gasteiger partial charge in [0, 0.05) is 29.9 Å². The van der Waals surface area contributed by atoms with E-state index in [2.05, 4.69) is 12.2 Å². The van der Waals surface area contributed by atoms with Crippen LogP contribution >= 0.6 is 0 Å². The van der Waals surface area contributed by atoms with E-state index < -0.39 is 0 Å². The van der Waals surface area contributed by atoms with Gasteiger partial charge in [0.25, 0.3) is 0 Å². The van der Waals surface area contributed by atoms with Gasteiger partial charge in [0.1, 0.15) is 0 Å². The summed E-state index contributed by atoms with van der Waals surface area (Å²) in [6.07, 6.45) is 1.10. The molecule has 0 radical (unpaired) electrons. The summed E-state index contributed by atoms with van der Waals surface area (Å²) in [6.45, 7) is 3.95. The van der Waals surface area contributed by atoms with Crippen LogP contribution in [-0.2, 0) is 16.0 Å². The Labute approximate surface area is 153 Å². The van der Waals surface area contributed by atoms with Crippen LogP contribution < -0.4 is 10.2 Å². The number of ketones is 1. The molecule has 1 aliphatic heterocycles. The van der Waals surface area contributed by atoms with Crippen LogP contribution in [0.2, 0.25) is 0 Å². The molecule has 134 valence electrons. The molecular formula is C21H22N2O3. The Morgan fingerprint density at radius 2 is 1.88 bits per heavy atom. The van der Waals surface area contributed by atoms with Gasteiger partial charge in [-0.2, -0.15) is 0 Å². The Balaban J connectivity index is 1.67. The van der Waals surface area contributed by atoms with Gasteiger partial charge in [-0.3, -0.25) is 14.4 Å². The molecule has 2 aromatic carbocycles. The Morgan fingerprint density at radius 1 is 1.15 bits per heavy atom. The van der Waals surface area contributed by atoms with Crippen molar-refractivity contribution >= 4 is 29.0 Å². The molecule has 1 aliphatic rings. The second-order valence-corrected chi connectivity index (χ2v) is 6.55. The van der Waals surface area contributed by atoms with E-state index in [9.17, 15) is 14.4 Å². The van der Waals surface area contributed by atoms with Crippen LogP contribution in [0, 0.1) is 5.92 Å². The van der Waals surface area contributed by atoms with Gasteiger partial charge in [-0.15, -0.1) is 0 Å². The van der Waals surface area contributed by atoms with Crippen LogP contribution in [0.5, 0.6) is 0 Å². The first-order valence-corrected chi connectivity index (χ1v) is 8.79. The first-order chi connectivity index (χ1) is 12.5. The van der Waals surface area contributed by atoms with Crippen molar-refractivity contribution in [3.8, 4) is 0 Å². The number of hydrogen-bond acceptors (Lipinski definition) is 3. The summed E-state index contributed by atoms with van der Waals surface area (Å²) >= 11 is 0. The van der Waals surface area contributed by atoms with Crippen LogP contribution in [0.25, 0.3) is 0 Å². The molecule has 1 N–H and O–H groups in total. The van der Waals surface area contributed by atoms with Crippen molar-refractivity contribution in [2.45, 2.75) is 26.7 Å². The van der Waals surface area contributed by atoms with Gasteiger partial charge in [-0.25, -0.2) is 0 Å². The number of anilines is 2. The van der Waals surface area contributed by atoms with Crippen molar-refractivity contribution in [3.05, 3.63) is 59.7 Å². The molecule has 1 fully saturated rings. The molecule has 0 unspecified atom stereocenters. The lowest BCUT2D eigenvalue weighted by atomic mass is 10.1. The number of nitrogens with zero attached hydrogens (tertiary/aromatic N) is 1. The zero-order chi connectivity index (χ0) is 18.7. The van der Waals surface area contributed by atoms with Crippen LogP contribution in [0.4, 0.5) is 11.4 Å². The summed E-state index contributed by atoms with van der Waals surface area (Å²) in [5, 5.41) is 2.84. The molecular weight excluding hydrogens is 328 g/mol. The summed E-state index contributed by atoms with van der Waals surface area (Å²) < 4.78 is 0. The second-order valence-electron chi connectivity index (χ2n) is 6.55. The molecule has 0 bridgehead atoms. The Kier molecular flexibility index (Phi) is 5.16. The summed E-state index contributed by atoms with van der Waals surface area (Å²) in [6, 6.07) is 14.6. The molecule has 0 spiro atoms. The third-order valence-electron chi connectivity index (χ3n) is 4.69. The van der Waals surface area contributed by atoms with Gasteiger partial charge in [-0.05, 0) is 55.3 Å². The number of amides is 2. The molecule has 26 heavy (non-hydrogen) atoms. The molecule has 5 heteroatoms. The van der Waals surface area contributed by atoms with E-state index in [0.717, 1.165) is 17.7 Å². The molecule has 2 aromatic rings. The number of carbonyl (C=O) groups excluding carboxylic acids is 3. The predicted molar refractivity (Wildman–Crippen MR) is 101 cm³/mol. The van der Waals surface area contributed by atoms with Gasteiger partial charge in [0.05, 0.1) is 5.92 Å². The minimum Gasteiger partial charge on any atom is -0.326 e. The summed E-state index contributed by atoms with van der Waals surface area (Å²) in [5.74, 6) is -0.622. The largest absolute Gasteiger partial charge is 0.326 e. The third kappa shape index (κ3) is 3.82. The van der Waals surface area contributed by atoms with Crippen LogP contribution in [0.3, 0.4) is 0 Å². The lowest BCUT2D eigenvalue weighted by Crippen LogP contribution is -2.28. The number of hydrogen-bond donors (Lipinski definition) is 1. The minimum absolute atomic E-state index is 0.0192. The minimum atomic E-state index is -0.389. The third-order valence-corrected chi connectivity index (χ3v) is 4.69. The maximum Gasteiger partial charge on any atom is 0.229 e. The summed E-state index contributed by atoms with van der Waals surface area (Å²) in [4.78, 5) is 37.9. The lowest BCUT2D eigenvalue weighted by molar-refractivity contribution is -0.122. The number of rotatable bonds is 5. The smallest absolute Gasteiger partial charge is 0.229 e. The van der Waals surface area contributed by atoms with E-state index in [1.165, 1.54) is 6.92 Å². The molecule has 0 aliphatic carbocycles. The highest BCUT2D eigenvalue weighted by Crippen LogP contribution is 2.27. The van der Waals surface area contributed by atoms with Gasteiger partial charge in [0.2, 0.25) is 11.8 Å². The van der Waals surface area contributed by atoms with Gasteiger partial charge < -0.3 is 10.2 Å². The Morgan fingerprint density at radius 3 is 2.54 bits per heavy atom. The number of Topliss-reactive ketones (excluding diaryl/α,β-unsaturated/α-hetero) is 1. The maximum atomic E-state index is 12.5. The quantitative estimate of drug-likeness (QED) is 0.840. The van der Waals surface area contributed by atoms with E-state index >= 15 is 0 Å². The molecule has 2 amide bonds. The monoisotopic (exact) mass is 350 g/mol. The van der Waals surface area contributed by atoms with Crippen molar-refractivity contribution in [2.24, 2.45) is 5.92 Å². The molecule has 1 heterocycles. The zero-order valence-corrected chi connectivity index (χ0v) is 15.0. The number of benzene rings is 2. The van der Waals surface area contributed by atoms with Crippen molar-refractivity contribution in [2.75, 3.05) is 16.8 Å². The van der Waals surface area contributed by atoms with E-state index in [1.54, 1.807) is 29.2 Å². The molecule has 1 saturated heterocycles. The van der Waals surface area contributed by atoms with Gasteiger partial charge >= 0.3 is 0 Å². The molecule has 1 atom stereocenters.